The van der Waals surface area contributed by atoms with Gasteiger partial charge in [0, 0.05) is 12.1 Å². The molecule has 0 bridgehead atoms. The predicted octanol–water partition coefficient (Wildman–Crippen LogP) is 0.918. The van der Waals surface area contributed by atoms with Crippen LogP contribution in [0.3, 0.4) is 0 Å². The van der Waals surface area contributed by atoms with E-state index in [0.29, 0.717) is 12.3 Å². The highest BCUT2D eigenvalue weighted by atomic mass is 16.5. The molecule has 0 radical (unpaired) electrons. The number of hydrogen-bond donors (Lipinski definition) is 3. The summed E-state index contributed by atoms with van der Waals surface area (Å²) < 4.78 is 5.47. The summed E-state index contributed by atoms with van der Waals surface area (Å²) >= 11 is 0. The van der Waals surface area contributed by atoms with Crippen LogP contribution < -0.4 is 10.1 Å². The summed E-state index contributed by atoms with van der Waals surface area (Å²) in [5.41, 5.74) is 0.737. The van der Waals surface area contributed by atoms with Crippen molar-refractivity contribution >= 4 is 0 Å². The normalized spacial score (nSPS) is 12.4. The smallest absolute Gasteiger partial charge is 0.124 e. The highest BCUT2D eigenvalue weighted by molar-refractivity contribution is 5.32. The van der Waals surface area contributed by atoms with E-state index < -0.39 is 6.10 Å². The van der Waals surface area contributed by atoms with Gasteiger partial charge in [-0.15, -0.1) is 0 Å². The van der Waals surface area contributed by atoms with Crippen LogP contribution in [0.1, 0.15) is 18.9 Å². The average Bonchev–Trinajstić information content (AvgIpc) is 2.37. The Kier molecular flexibility index (Phi) is 6.62. The Bertz CT molecular complexity index is 317. The molecule has 0 amide bonds. The van der Waals surface area contributed by atoms with Crippen LogP contribution in [-0.2, 0) is 6.61 Å². The van der Waals surface area contributed by atoms with Crippen molar-refractivity contribution in [2.24, 2.45) is 0 Å². The summed E-state index contributed by atoms with van der Waals surface area (Å²) in [6.07, 6.45) is 0.509. The number of para-hydroxylation sites is 1. The number of aliphatic hydroxyl groups is 2. The topological polar surface area (TPSA) is 61.7 Å². The lowest BCUT2D eigenvalue weighted by molar-refractivity contribution is 0.105. The van der Waals surface area contributed by atoms with Gasteiger partial charge in [-0.3, -0.25) is 0 Å². The third-order valence-electron chi connectivity index (χ3n) is 2.38. The Morgan fingerprint density at radius 1 is 1.35 bits per heavy atom. The van der Waals surface area contributed by atoms with Crippen molar-refractivity contribution in [3.8, 4) is 5.75 Å². The Balaban J connectivity index is 2.33. The maximum Gasteiger partial charge on any atom is 0.124 e. The van der Waals surface area contributed by atoms with Crippen LogP contribution in [0, 0.1) is 0 Å². The van der Waals surface area contributed by atoms with E-state index in [1.807, 2.05) is 12.1 Å². The monoisotopic (exact) mass is 239 g/mol. The third kappa shape index (κ3) is 5.17. The lowest BCUT2D eigenvalue weighted by Gasteiger charge is -2.14. The second-order valence-corrected chi connectivity index (χ2v) is 3.93. The van der Waals surface area contributed by atoms with E-state index in [4.69, 9.17) is 9.84 Å². The molecule has 4 nitrogen and oxygen atoms in total. The first-order valence-electron chi connectivity index (χ1n) is 5.98. The molecule has 1 aromatic rings. The summed E-state index contributed by atoms with van der Waals surface area (Å²) in [7, 11) is 0. The van der Waals surface area contributed by atoms with Gasteiger partial charge in [-0.1, -0.05) is 25.1 Å². The standard InChI is InChI=1S/C13H21NO3/c1-2-7-14-8-12(16)10-17-13-6-4-3-5-11(13)9-15/h3-6,12,14-16H,2,7-10H2,1H3. The number of rotatable bonds is 8. The molecular formula is C13H21NO3. The highest BCUT2D eigenvalue weighted by Gasteiger charge is 2.06. The van der Waals surface area contributed by atoms with Crippen LogP contribution in [-0.4, -0.2) is 36.0 Å². The zero-order chi connectivity index (χ0) is 12.5. The molecule has 0 saturated carbocycles. The zero-order valence-corrected chi connectivity index (χ0v) is 10.2. The van der Waals surface area contributed by atoms with E-state index in [1.54, 1.807) is 12.1 Å². The predicted molar refractivity (Wildman–Crippen MR) is 67.0 cm³/mol. The van der Waals surface area contributed by atoms with Crippen molar-refractivity contribution in [3.63, 3.8) is 0 Å². The van der Waals surface area contributed by atoms with E-state index >= 15 is 0 Å². The van der Waals surface area contributed by atoms with Crippen molar-refractivity contribution < 1.29 is 14.9 Å². The average molecular weight is 239 g/mol. The fourth-order valence-electron chi connectivity index (χ4n) is 1.47. The first-order chi connectivity index (χ1) is 8.27. The van der Waals surface area contributed by atoms with Gasteiger partial charge in [0.1, 0.15) is 18.5 Å². The molecule has 0 saturated heterocycles. The van der Waals surface area contributed by atoms with E-state index in [0.717, 1.165) is 18.5 Å². The van der Waals surface area contributed by atoms with Gasteiger partial charge in [0.2, 0.25) is 0 Å². The number of benzene rings is 1. The van der Waals surface area contributed by atoms with Gasteiger partial charge in [-0.05, 0) is 19.0 Å². The van der Waals surface area contributed by atoms with Gasteiger partial charge >= 0.3 is 0 Å². The Morgan fingerprint density at radius 2 is 2.12 bits per heavy atom. The summed E-state index contributed by atoms with van der Waals surface area (Å²) in [6, 6.07) is 7.28. The van der Waals surface area contributed by atoms with Gasteiger partial charge in [-0.25, -0.2) is 0 Å². The fourth-order valence-corrected chi connectivity index (χ4v) is 1.47. The number of aliphatic hydroxyl groups excluding tert-OH is 2. The molecule has 1 rings (SSSR count). The van der Waals surface area contributed by atoms with Crippen molar-refractivity contribution in [3.05, 3.63) is 29.8 Å². The van der Waals surface area contributed by atoms with E-state index in [9.17, 15) is 5.11 Å². The van der Waals surface area contributed by atoms with Crippen LogP contribution in [0.2, 0.25) is 0 Å². The molecule has 17 heavy (non-hydrogen) atoms. The molecular weight excluding hydrogens is 218 g/mol. The minimum Gasteiger partial charge on any atom is -0.490 e. The maximum absolute atomic E-state index is 9.65. The summed E-state index contributed by atoms with van der Waals surface area (Å²) in [4.78, 5) is 0. The van der Waals surface area contributed by atoms with Crippen molar-refractivity contribution in [1.82, 2.24) is 5.32 Å². The molecule has 1 aromatic carbocycles. The Hall–Kier alpha value is -1.10. The summed E-state index contributed by atoms with van der Waals surface area (Å²) in [5, 5.41) is 21.9. The molecule has 0 heterocycles. The summed E-state index contributed by atoms with van der Waals surface area (Å²) in [6.45, 7) is 3.67. The Morgan fingerprint density at radius 3 is 2.82 bits per heavy atom. The van der Waals surface area contributed by atoms with Crippen molar-refractivity contribution in [1.29, 1.82) is 0 Å². The second-order valence-electron chi connectivity index (χ2n) is 3.93. The van der Waals surface area contributed by atoms with Crippen molar-refractivity contribution in [2.45, 2.75) is 26.1 Å². The van der Waals surface area contributed by atoms with Crippen LogP contribution in [0.15, 0.2) is 24.3 Å². The van der Waals surface area contributed by atoms with Gasteiger partial charge in [0.15, 0.2) is 0 Å². The minimum atomic E-state index is -0.534. The Labute approximate surface area is 102 Å². The third-order valence-corrected chi connectivity index (χ3v) is 2.38. The largest absolute Gasteiger partial charge is 0.490 e. The molecule has 1 atom stereocenters. The number of ether oxygens (including phenoxy) is 1. The highest BCUT2D eigenvalue weighted by Crippen LogP contribution is 2.17. The van der Waals surface area contributed by atoms with Crippen LogP contribution in [0.5, 0.6) is 5.75 Å². The molecule has 96 valence electrons. The molecule has 0 aliphatic rings. The van der Waals surface area contributed by atoms with Crippen molar-refractivity contribution in [2.75, 3.05) is 19.7 Å². The fraction of sp³-hybridized carbons (Fsp3) is 0.538. The summed E-state index contributed by atoms with van der Waals surface area (Å²) in [5.74, 6) is 0.629. The van der Waals surface area contributed by atoms with Crippen LogP contribution in [0.25, 0.3) is 0 Å². The first-order valence-corrected chi connectivity index (χ1v) is 5.98. The lowest BCUT2D eigenvalue weighted by Crippen LogP contribution is -2.31. The van der Waals surface area contributed by atoms with Gasteiger partial charge < -0.3 is 20.3 Å². The van der Waals surface area contributed by atoms with E-state index in [2.05, 4.69) is 12.2 Å². The van der Waals surface area contributed by atoms with Crippen LogP contribution >= 0.6 is 0 Å². The quantitative estimate of drug-likeness (QED) is 0.590. The van der Waals surface area contributed by atoms with E-state index in [1.165, 1.54) is 0 Å². The zero-order valence-electron chi connectivity index (χ0n) is 10.2. The van der Waals surface area contributed by atoms with Gasteiger partial charge in [0.25, 0.3) is 0 Å². The molecule has 1 unspecified atom stereocenters. The molecule has 0 aliphatic carbocycles. The number of hydrogen-bond acceptors (Lipinski definition) is 4. The second kappa shape index (κ2) is 8.06. The number of nitrogens with one attached hydrogen (secondary N) is 1. The molecule has 0 aromatic heterocycles. The maximum atomic E-state index is 9.65. The lowest BCUT2D eigenvalue weighted by atomic mass is 10.2. The molecule has 0 aliphatic heterocycles. The molecule has 0 fully saturated rings. The van der Waals surface area contributed by atoms with Gasteiger partial charge in [0.05, 0.1) is 6.61 Å². The molecule has 4 heteroatoms. The van der Waals surface area contributed by atoms with E-state index in [-0.39, 0.29) is 13.2 Å². The van der Waals surface area contributed by atoms with Gasteiger partial charge in [-0.2, -0.15) is 0 Å². The molecule has 3 N–H and O–H groups in total. The molecule has 0 spiro atoms. The first kappa shape index (κ1) is 14.0. The van der Waals surface area contributed by atoms with Crippen LogP contribution in [0.4, 0.5) is 0 Å². The minimum absolute atomic E-state index is 0.0552. The SMILES string of the molecule is CCCNCC(O)COc1ccccc1CO.